The van der Waals surface area contributed by atoms with Crippen molar-refractivity contribution in [3.63, 3.8) is 0 Å². The van der Waals surface area contributed by atoms with Gasteiger partial charge in [-0.1, -0.05) is 6.07 Å². The van der Waals surface area contributed by atoms with E-state index in [-0.39, 0.29) is 47.3 Å². The second-order valence-electron chi connectivity index (χ2n) is 12.3. The number of nitrogens with one attached hydrogen (secondary N) is 2. The number of ether oxygens (including phenoxy) is 1. The van der Waals surface area contributed by atoms with Crippen LogP contribution in [-0.4, -0.2) is 89.1 Å². The summed E-state index contributed by atoms with van der Waals surface area (Å²) in [4.78, 5) is 85.4. The Bertz CT molecular complexity index is 2600. The summed E-state index contributed by atoms with van der Waals surface area (Å²) < 4.78 is 4.90. The molecule has 1 unspecified atom stereocenters. The quantitative estimate of drug-likeness (QED) is 0.109. The number of aromatic nitrogens is 1. The number of benzene rings is 1. The van der Waals surface area contributed by atoms with Gasteiger partial charge >= 0.3 is 0 Å². The number of carbonyl (C=O) groups excluding carboxylic acids is 1. The Labute approximate surface area is 268 Å². The lowest BCUT2D eigenvalue weighted by Gasteiger charge is -2.31. The zero-order valence-electron chi connectivity index (χ0n) is 25.8. The van der Waals surface area contributed by atoms with Gasteiger partial charge in [-0.25, -0.2) is 5.43 Å². The van der Waals surface area contributed by atoms with Crippen LogP contribution in [0.1, 0.15) is 23.2 Å². The smallest absolute Gasteiger partial charge is 0.260 e. The van der Waals surface area contributed by atoms with Crippen molar-refractivity contribution in [1.82, 2.24) is 20.2 Å². The molecular weight excluding hydrogens is 626 g/mol. The molecule has 4 aliphatic carbocycles. The number of fused-ring (bicyclic) bond motifs is 4. The summed E-state index contributed by atoms with van der Waals surface area (Å²) in [5.74, 6) is -2.94. The average molecular weight is 656 g/mol. The van der Waals surface area contributed by atoms with E-state index in [2.05, 4.69) is 20.4 Å². The van der Waals surface area contributed by atoms with E-state index in [1.165, 1.54) is 12.3 Å². The van der Waals surface area contributed by atoms with Gasteiger partial charge in [-0.3, -0.25) is 33.7 Å². The van der Waals surface area contributed by atoms with Crippen LogP contribution < -0.4 is 47.9 Å². The lowest BCUT2D eigenvalue weighted by atomic mass is 9.78. The van der Waals surface area contributed by atoms with Gasteiger partial charge in [0.1, 0.15) is 22.7 Å². The number of rotatable bonds is 5. The Morgan fingerprint density at radius 2 is 1.62 bits per heavy atom. The van der Waals surface area contributed by atoms with Crippen LogP contribution in [0, 0.1) is 10.4 Å². The van der Waals surface area contributed by atoms with Gasteiger partial charge in [0.15, 0.2) is 11.2 Å². The molecule has 246 valence electrons. The third kappa shape index (κ3) is 4.31. The van der Waals surface area contributed by atoms with Gasteiger partial charge in [0, 0.05) is 37.8 Å². The van der Waals surface area contributed by atoms with E-state index in [4.69, 9.17) is 4.74 Å². The maximum absolute atomic E-state index is 13.7. The first-order valence-electron chi connectivity index (χ1n) is 15.1. The molecule has 1 atom stereocenters. The van der Waals surface area contributed by atoms with Gasteiger partial charge in [0.2, 0.25) is 16.3 Å². The number of phenols is 1. The summed E-state index contributed by atoms with van der Waals surface area (Å²) >= 11 is 0. The molecule has 1 spiro atoms. The van der Waals surface area contributed by atoms with E-state index in [9.17, 15) is 44.1 Å². The van der Waals surface area contributed by atoms with E-state index in [0.29, 0.717) is 5.56 Å². The minimum absolute atomic E-state index is 0.0885. The number of aliphatic hydroxyl groups excluding tert-OH is 2. The standard InChI is InChI=1S/C33H29N5O10/c1-37-5-7-38(8-6-37)13-19(40)36-34-12-16-10-15-9-14-3-4-33(25(14)29(44)20(15)32(47)35-16)30(45)23-24(31(33)46)28(43)22-21(27(23)42)17(39)11-18(48-2)26(22)41/h9-12,44-46H,3-8,13H2,1-2H3,(H,35,47)(H,36,40)/b34-12+. The fourth-order valence-corrected chi connectivity index (χ4v) is 7.26. The summed E-state index contributed by atoms with van der Waals surface area (Å²) in [6.45, 7) is 3.38. The zero-order valence-corrected chi connectivity index (χ0v) is 25.8. The molecule has 1 saturated heterocycles. The molecule has 2 heterocycles. The Balaban J connectivity index is 1.31. The molecule has 1 aromatic carbocycles. The normalized spacial score (nSPS) is 19.5. The third-order valence-corrected chi connectivity index (χ3v) is 9.63. The minimum Gasteiger partial charge on any atom is -0.510 e. The molecule has 48 heavy (non-hydrogen) atoms. The minimum atomic E-state index is -2.00. The molecule has 1 aromatic heterocycles. The number of aryl methyl sites for hydroxylation is 1. The average Bonchev–Trinajstić information content (AvgIpc) is 3.54. The molecule has 5 aliphatic rings. The summed E-state index contributed by atoms with van der Waals surface area (Å²) in [6, 6.07) is 3.87. The first kappa shape index (κ1) is 31.0. The molecule has 15 nitrogen and oxygen atoms in total. The first-order chi connectivity index (χ1) is 22.9. The lowest BCUT2D eigenvalue weighted by Crippen LogP contribution is -2.51. The second-order valence-corrected chi connectivity index (χ2v) is 12.3. The molecule has 1 amide bonds. The Morgan fingerprint density at radius 1 is 0.958 bits per heavy atom. The number of pyridine rings is 1. The molecule has 15 heteroatoms. The van der Waals surface area contributed by atoms with Gasteiger partial charge in [-0.15, -0.1) is 0 Å². The van der Waals surface area contributed by atoms with E-state index in [1.807, 2.05) is 11.9 Å². The van der Waals surface area contributed by atoms with Crippen LogP contribution in [0.5, 0.6) is 11.5 Å². The summed E-state index contributed by atoms with van der Waals surface area (Å²) in [7, 11) is 3.13. The highest BCUT2D eigenvalue weighted by Gasteiger charge is 2.53. The highest BCUT2D eigenvalue weighted by Crippen LogP contribution is 2.54. The SMILES string of the molecule is COc1cc(=O)c2c(=O)c3c(c(=O)c=2c1=O)=C(O)C1(CCc2cc4cc(/C=N/NC(=O)CN5CCN(C)CC5)[nH]c(=O)c4c(O)c21)C=3O. The topological polar surface area (TPSA) is 219 Å². The van der Waals surface area contributed by atoms with Crippen LogP contribution >= 0.6 is 0 Å². The van der Waals surface area contributed by atoms with Crippen LogP contribution in [0.25, 0.3) is 22.3 Å². The van der Waals surface area contributed by atoms with Crippen LogP contribution in [-0.2, 0) is 16.6 Å². The predicted molar refractivity (Wildman–Crippen MR) is 173 cm³/mol. The van der Waals surface area contributed by atoms with Crippen LogP contribution in [0.3, 0.4) is 0 Å². The van der Waals surface area contributed by atoms with Crippen molar-refractivity contribution in [3.8, 4) is 11.5 Å². The molecule has 2 aromatic rings. The lowest BCUT2D eigenvalue weighted by molar-refractivity contribution is -0.122. The number of aromatic hydroxyl groups is 1. The number of carbonyl (C=O) groups is 1. The van der Waals surface area contributed by atoms with Gasteiger partial charge in [0.05, 0.1) is 51.8 Å². The van der Waals surface area contributed by atoms with Crippen molar-refractivity contribution in [2.24, 2.45) is 5.10 Å². The highest BCUT2D eigenvalue weighted by atomic mass is 16.5. The fraction of sp³-hybridized carbons (Fsp3) is 0.303. The van der Waals surface area contributed by atoms with Crippen LogP contribution in [0.2, 0.25) is 0 Å². The molecule has 5 N–H and O–H groups in total. The van der Waals surface area contributed by atoms with Crippen molar-refractivity contribution < 1.29 is 24.9 Å². The maximum atomic E-state index is 13.7. The van der Waals surface area contributed by atoms with Crippen molar-refractivity contribution in [2.75, 3.05) is 46.9 Å². The number of nitrogens with zero attached hydrogens (tertiary/aromatic N) is 3. The first-order valence-corrected chi connectivity index (χ1v) is 15.1. The third-order valence-electron chi connectivity index (χ3n) is 9.63. The summed E-state index contributed by atoms with van der Waals surface area (Å²) in [5, 5.41) is 35.9. The number of hydrogen-bond donors (Lipinski definition) is 5. The highest BCUT2D eigenvalue weighted by molar-refractivity contribution is 5.96. The Kier molecular flexibility index (Phi) is 7.07. The number of hydrogen-bond acceptors (Lipinski definition) is 13. The van der Waals surface area contributed by atoms with Crippen molar-refractivity contribution >= 4 is 34.4 Å². The Morgan fingerprint density at radius 3 is 2.29 bits per heavy atom. The van der Waals surface area contributed by atoms with Gasteiger partial charge in [-0.2, -0.15) is 5.10 Å². The molecule has 7 rings (SSSR count). The largest absolute Gasteiger partial charge is 0.510 e. The number of aliphatic hydroxyl groups is 2. The van der Waals surface area contributed by atoms with Gasteiger partial charge < -0.3 is 29.9 Å². The van der Waals surface area contributed by atoms with E-state index >= 15 is 0 Å². The molecule has 1 aliphatic heterocycles. The van der Waals surface area contributed by atoms with Crippen LogP contribution in [0.15, 0.2) is 47.3 Å². The zero-order chi connectivity index (χ0) is 34.2. The summed E-state index contributed by atoms with van der Waals surface area (Å²) in [6.07, 6.45) is 1.27. The number of piperazine rings is 1. The summed E-state index contributed by atoms with van der Waals surface area (Å²) in [5.41, 5.74) is -4.05. The number of likely N-dealkylation sites (N-methyl/N-ethyl adjacent to an activating group) is 1. The fourth-order valence-electron chi connectivity index (χ4n) is 7.26. The molecule has 0 radical (unpaired) electrons. The van der Waals surface area contributed by atoms with Crippen molar-refractivity contribution in [1.29, 1.82) is 0 Å². The number of amides is 1. The molecular formula is C33H29N5O10. The number of methoxy groups -OCH3 is 1. The van der Waals surface area contributed by atoms with E-state index in [1.54, 1.807) is 6.07 Å². The number of hydrazone groups is 1. The number of H-pyrrole nitrogens is 1. The number of phenolic OH excluding ortho intramolecular Hbond substituents is 1. The van der Waals surface area contributed by atoms with E-state index in [0.717, 1.165) is 39.4 Å². The van der Waals surface area contributed by atoms with Crippen molar-refractivity contribution in [2.45, 2.75) is 18.3 Å². The monoisotopic (exact) mass is 655 g/mol. The van der Waals surface area contributed by atoms with Crippen LogP contribution in [0.4, 0.5) is 0 Å². The van der Waals surface area contributed by atoms with Gasteiger partial charge in [0.25, 0.3) is 11.5 Å². The molecule has 0 saturated carbocycles. The number of aromatic amines is 1. The molecule has 0 bridgehead atoms. The van der Waals surface area contributed by atoms with E-state index < -0.39 is 76.6 Å². The van der Waals surface area contributed by atoms with Crippen molar-refractivity contribution in [3.05, 3.63) is 107 Å². The predicted octanol–water partition coefficient (Wildman–Crippen LogP) is -2.79. The second kappa shape index (κ2) is 11.0. The Hall–Kier alpha value is -5.67. The van der Waals surface area contributed by atoms with Gasteiger partial charge in [-0.05, 0) is 36.9 Å². The molecule has 1 fully saturated rings. The maximum Gasteiger partial charge on any atom is 0.260 e.